The van der Waals surface area contributed by atoms with Crippen molar-refractivity contribution in [1.29, 1.82) is 0 Å². The SMILES string of the molecule is CC(F)(F)C(=O)Nc1ccc(F)cc1Br. The Morgan fingerprint density at radius 3 is 2.53 bits per heavy atom. The molecule has 0 saturated carbocycles. The summed E-state index contributed by atoms with van der Waals surface area (Å²) in [7, 11) is 0. The fourth-order valence-electron chi connectivity index (χ4n) is 0.823. The summed E-state index contributed by atoms with van der Waals surface area (Å²) in [4.78, 5) is 10.9. The van der Waals surface area contributed by atoms with E-state index >= 15 is 0 Å². The van der Waals surface area contributed by atoms with Gasteiger partial charge >= 0.3 is 5.92 Å². The Kier molecular flexibility index (Phi) is 3.38. The van der Waals surface area contributed by atoms with Gasteiger partial charge in [0.05, 0.1) is 5.69 Å². The van der Waals surface area contributed by atoms with Gasteiger partial charge in [0, 0.05) is 11.4 Å². The van der Waals surface area contributed by atoms with Crippen LogP contribution in [-0.2, 0) is 4.79 Å². The van der Waals surface area contributed by atoms with Gasteiger partial charge in [-0.15, -0.1) is 0 Å². The highest BCUT2D eigenvalue weighted by Gasteiger charge is 2.32. The average Bonchev–Trinajstić information content (AvgIpc) is 2.08. The summed E-state index contributed by atoms with van der Waals surface area (Å²) in [5.74, 6) is -5.42. The molecule has 0 atom stereocenters. The van der Waals surface area contributed by atoms with Crippen LogP contribution in [0.15, 0.2) is 22.7 Å². The Morgan fingerprint density at radius 2 is 2.07 bits per heavy atom. The van der Waals surface area contributed by atoms with Crippen LogP contribution < -0.4 is 5.32 Å². The van der Waals surface area contributed by atoms with Crippen molar-refractivity contribution in [2.75, 3.05) is 5.32 Å². The molecule has 1 aromatic carbocycles. The predicted molar refractivity (Wildman–Crippen MR) is 53.4 cm³/mol. The third-order valence-electron chi connectivity index (χ3n) is 1.58. The standard InChI is InChI=1S/C9H7BrF3NO/c1-9(12,13)8(15)14-7-3-2-5(11)4-6(7)10/h2-4H,1H3,(H,14,15). The number of halogens is 4. The molecule has 82 valence electrons. The van der Waals surface area contributed by atoms with Crippen molar-refractivity contribution in [3.05, 3.63) is 28.5 Å². The first-order chi connectivity index (χ1) is 6.80. The fourth-order valence-corrected chi connectivity index (χ4v) is 1.27. The van der Waals surface area contributed by atoms with E-state index in [0.29, 0.717) is 6.92 Å². The molecule has 0 saturated heterocycles. The van der Waals surface area contributed by atoms with E-state index in [1.807, 2.05) is 5.32 Å². The van der Waals surface area contributed by atoms with E-state index in [2.05, 4.69) is 15.9 Å². The maximum atomic E-state index is 12.6. The van der Waals surface area contributed by atoms with E-state index in [-0.39, 0.29) is 10.2 Å². The summed E-state index contributed by atoms with van der Waals surface area (Å²) in [5, 5.41) is 1.97. The number of carbonyl (C=O) groups is 1. The minimum atomic E-state index is -3.46. The Bertz CT molecular complexity index is 389. The zero-order chi connectivity index (χ0) is 11.6. The smallest absolute Gasteiger partial charge is 0.320 e. The van der Waals surface area contributed by atoms with E-state index in [4.69, 9.17) is 0 Å². The van der Waals surface area contributed by atoms with Gasteiger partial charge in [0.2, 0.25) is 0 Å². The molecule has 1 rings (SSSR count). The van der Waals surface area contributed by atoms with E-state index in [1.165, 1.54) is 6.07 Å². The van der Waals surface area contributed by atoms with Gasteiger partial charge < -0.3 is 5.32 Å². The molecular formula is C9H7BrF3NO. The molecule has 0 fully saturated rings. The summed E-state index contributed by atoms with van der Waals surface area (Å²) < 4.78 is 37.9. The van der Waals surface area contributed by atoms with Gasteiger partial charge in [-0.3, -0.25) is 4.79 Å². The monoisotopic (exact) mass is 281 g/mol. The lowest BCUT2D eigenvalue weighted by Gasteiger charge is -2.11. The fraction of sp³-hybridized carbons (Fsp3) is 0.222. The molecule has 6 heteroatoms. The molecule has 0 aliphatic carbocycles. The minimum Gasteiger partial charge on any atom is -0.320 e. The summed E-state index contributed by atoms with van der Waals surface area (Å²) in [6, 6.07) is 3.33. The van der Waals surface area contributed by atoms with Gasteiger partial charge in [-0.05, 0) is 34.1 Å². The van der Waals surface area contributed by atoms with Gasteiger partial charge in [0.25, 0.3) is 5.91 Å². The molecule has 0 radical (unpaired) electrons. The van der Waals surface area contributed by atoms with Gasteiger partial charge in [-0.25, -0.2) is 4.39 Å². The molecule has 1 amide bonds. The Labute approximate surface area is 92.6 Å². The van der Waals surface area contributed by atoms with E-state index in [9.17, 15) is 18.0 Å². The molecule has 0 aliphatic rings. The Hall–Kier alpha value is -1.04. The highest BCUT2D eigenvalue weighted by atomic mass is 79.9. The van der Waals surface area contributed by atoms with E-state index in [1.54, 1.807) is 0 Å². The van der Waals surface area contributed by atoms with Crippen LogP contribution in [0.3, 0.4) is 0 Å². The van der Waals surface area contributed by atoms with Crippen LogP contribution in [0.1, 0.15) is 6.92 Å². The highest BCUT2D eigenvalue weighted by molar-refractivity contribution is 9.10. The van der Waals surface area contributed by atoms with Crippen LogP contribution in [0, 0.1) is 5.82 Å². The summed E-state index contributed by atoms with van der Waals surface area (Å²) in [5.41, 5.74) is 0.0999. The number of benzene rings is 1. The van der Waals surface area contributed by atoms with Crippen LogP contribution in [0.25, 0.3) is 0 Å². The molecule has 0 bridgehead atoms. The normalized spacial score (nSPS) is 11.3. The quantitative estimate of drug-likeness (QED) is 0.886. The first kappa shape index (κ1) is 12.0. The van der Waals surface area contributed by atoms with Crippen molar-refractivity contribution >= 4 is 27.5 Å². The summed E-state index contributed by atoms with van der Waals surface area (Å²) in [6.07, 6.45) is 0. The number of hydrogen-bond acceptors (Lipinski definition) is 1. The number of amides is 1. The van der Waals surface area contributed by atoms with Gasteiger partial charge in [0.1, 0.15) is 5.82 Å². The first-order valence-corrected chi connectivity index (χ1v) is 4.74. The van der Waals surface area contributed by atoms with Crippen molar-refractivity contribution < 1.29 is 18.0 Å². The van der Waals surface area contributed by atoms with E-state index < -0.39 is 17.6 Å². The summed E-state index contributed by atoms with van der Waals surface area (Å²) in [6.45, 7) is 0.486. The lowest BCUT2D eigenvalue weighted by atomic mass is 10.3. The molecule has 0 spiro atoms. The number of carbonyl (C=O) groups excluding carboxylic acids is 1. The third kappa shape index (κ3) is 3.23. The van der Waals surface area contributed by atoms with Crippen LogP contribution in [-0.4, -0.2) is 11.8 Å². The molecule has 0 heterocycles. The Morgan fingerprint density at radius 1 is 1.47 bits per heavy atom. The molecular weight excluding hydrogens is 275 g/mol. The summed E-state index contributed by atoms with van der Waals surface area (Å²) >= 11 is 2.94. The first-order valence-electron chi connectivity index (χ1n) is 3.95. The molecule has 1 N–H and O–H groups in total. The van der Waals surface area contributed by atoms with Crippen molar-refractivity contribution in [3.8, 4) is 0 Å². The lowest BCUT2D eigenvalue weighted by molar-refractivity contribution is -0.137. The zero-order valence-corrected chi connectivity index (χ0v) is 9.24. The zero-order valence-electron chi connectivity index (χ0n) is 7.65. The van der Waals surface area contributed by atoms with Crippen LogP contribution in [0.4, 0.5) is 18.9 Å². The number of hydrogen-bond donors (Lipinski definition) is 1. The maximum Gasteiger partial charge on any atom is 0.322 e. The second-order valence-corrected chi connectivity index (χ2v) is 3.82. The minimum absolute atomic E-state index is 0.0999. The number of alkyl halides is 2. The molecule has 0 aromatic heterocycles. The topological polar surface area (TPSA) is 29.1 Å². The predicted octanol–water partition coefficient (Wildman–Crippen LogP) is 3.18. The van der Waals surface area contributed by atoms with Gasteiger partial charge in [0.15, 0.2) is 0 Å². The van der Waals surface area contributed by atoms with Crippen LogP contribution >= 0.6 is 15.9 Å². The van der Waals surface area contributed by atoms with Crippen molar-refractivity contribution in [2.45, 2.75) is 12.8 Å². The number of rotatable bonds is 2. The molecule has 0 aliphatic heterocycles. The lowest BCUT2D eigenvalue weighted by Crippen LogP contribution is -2.31. The Balaban J connectivity index is 2.87. The largest absolute Gasteiger partial charge is 0.322 e. The second-order valence-electron chi connectivity index (χ2n) is 2.97. The van der Waals surface area contributed by atoms with Gasteiger partial charge in [-0.2, -0.15) is 8.78 Å². The number of anilines is 1. The van der Waals surface area contributed by atoms with Crippen molar-refractivity contribution in [3.63, 3.8) is 0 Å². The highest BCUT2D eigenvalue weighted by Crippen LogP contribution is 2.24. The van der Waals surface area contributed by atoms with Crippen LogP contribution in [0.2, 0.25) is 0 Å². The molecule has 2 nitrogen and oxygen atoms in total. The molecule has 15 heavy (non-hydrogen) atoms. The van der Waals surface area contributed by atoms with E-state index in [0.717, 1.165) is 12.1 Å². The van der Waals surface area contributed by atoms with Gasteiger partial charge in [-0.1, -0.05) is 0 Å². The molecule has 1 aromatic rings. The number of nitrogens with one attached hydrogen (secondary N) is 1. The third-order valence-corrected chi connectivity index (χ3v) is 2.23. The van der Waals surface area contributed by atoms with Crippen molar-refractivity contribution in [1.82, 2.24) is 0 Å². The van der Waals surface area contributed by atoms with Crippen molar-refractivity contribution in [2.24, 2.45) is 0 Å². The average molecular weight is 282 g/mol. The van der Waals surface area contributed by atoms with Crippen LogP contribution in [0.5, 0.6) is 0 Å². The molecule has 0 unspecified atom stereocenters. The maximum absolute atomic E-state index is 12.6. The second kappa shape index (κ2) is 4.22.